The fraction of sp³-hybridized carbons (Fsp3) is 0.188. The van der Waals surface area contributed by atoms with Crippen LogP contribution in [0, 0.1) is 13.8 Å². The zero-order valence-corrected chi connectivity index (χ0v) is 12.1. The molecule has 108 valence electrons. The van der Waals surface area contributed by atoms with Gasteiger partial charge in [0.25, 0.3) is 5.91 Å². The average Bonchev–Trinajstić information content (AvgIpc) is 2.50. The molecule has 1 aromatic carbocycles. The Labute approximate surface area is 123 Å². The Morgan fingerprint density at radius 1 is 1.10 bits per heavy atom. The van der Waals surface area contributed by atoms with Crippen molar-refractivity contribution in [1.82, 2.24) is 4.98 Å². The number of esters is 1. The highest BCUT2D eigenvalue weighted by atomic mass is 16.5. The second-order valence-corrected chi connectivity index (χ2v) is 4.59. The van der Waals surface area contributed by atoms with Gasteiger partial charge in [-0.05, 0) is 49.7 Å². The number of carbonyl (C=O) groups excluding carboxylic acids is 2. The quantitative estimate of drug-likeness (QED) is 0.880. The standard InChI is InChI=1S/C16H16N2O3/c1-10-11(2)17-9-8-14(10)15(19)18-13-6-4-12(5-7-13)16(20)21-3/h4-9H,1-3H3,(H,18,19). The van der Waals surface area contributed by atoms with Crippen LogP contribution >= 0.6 is 0 Å². The first-order valence-corrected chi connectivity index (χ1v) is 6.45. The number of nitrogens with one attached hydrogen (secondary N) is 1. The van der Waals surface area contributed by atoms with Gasteiger partial charge in [-0.1, -0.05) is 0 Å². The van der Waals surface area contributed by atoms with E-state index in [-0.39, 0.29) is 5.91 Å². The summed E-state index contributed by atoms with van der Waals surface area (Å²) >= 11 is 0. The van der Waals surface area contributed by atoms with Crippen molar-refractivity contribution in [2.24, 2.45) is 0 Å². The van der Waals surface area contributed by atoms with Gasteiger partial charge in [0, 0.05) is 23.1 Å². The van der Waals surface area contributed by atoms with Crippen molar-refractivity contribution in [3.8, 4) is 0 Å². The molecule has 1 N–H and O–H groups in total. The van der Waals surface area contributed by atoms with Gasteiger partial charge in [0.2, 0.25) is 0 Å². The molecular weight excluding hydrogens is 268 g/mol. The van der Waals surface area contributed by atoms with Crippen LogP contribution in [0.15, 0.2) is 36.5 Å². The van der Waals surface area contributed by atoms with Gasteiger partial charge in [-0.3, -0.25) is 9.78 Å². The molecule has 1 heterocycles. The Morgan fingerprint density at radius 3 is 2.38 bits per heavy atom. The van der Waals surface area contributed by atoms with E-state index < -0.39 is 5.97 Å². The molecule has 0 bridgehead atoms. The van der Waals surface area contributed by atoms with Crippen LogP contribution in [0.3, 0.4) is 0 Å². The van der Waals surface area contributed by atoms with E-state index in [0.29, 0.717) is 16.8 Å². The molecule has 0 spiro atoms. The predicted octanol–water partition coefficient (Wildman–Crippen LogP) is 2.74. The molecule has 2 aromatic rings. The first-order valence-electron chi connectivity index (χ1n) is 6.45. The lowest BCUT2D eigenvalue weighted by Gasteiger charge is -2.09. The number of anilines is 1. The number of carbonyl (C=O) groups is 2. The van der Waals surface area contributed by atoms with E-state index in [1.54, 1.807) is 36.5 Å². The molecule has 0 fully saturated rings. The van der Waals surface area contributed by atoms with E-state index in [1.807, 2.05) is 13.8 Å². The fourth-order valence-electron chi connectivity index (χ4n) is 1.89. The maximum atomic E-state index is 12.2. The zero-order valence-electron chi connectivity index (χ0n) is 12.1. The molecule has 1 aromatic heterocycles. The second kappa shape index (κ2) is 6.17. The van der Waals surface area contributed by atoms with E-state index in [4.69, 9.17) is 0 Å². The van der Waals surface area contributed by atoms with Crippen LogP contribution in [0.5, 0.6) is 0 Å². The van der Waals surface area contributed by atoms with Crippen molar-refractivity contribution in [2.45, 2.75) is 13.8 Å². The number of nitrogens with zero attached hydrogens (tertiary/aromatic N) is 1. The first kappa shape index (κ1) is 14.7. The maximum Gasteiger partial charge on any atom is 0.337 e. The molecule has 0 atom stereocenters. The van der Waals surface area contributed by atoms with E-state index in [2.05, 4.69) is 15.0 Å². The van der Waals surface area contributed by atoms with Crippen LogP contribution in [-0.2, 0) is 4.74 Å². The highest BCUT2D eigenvalue weighted by Gasteiger charge is 2.11. The Kier molecular flexibility index (Phi) is 4.33. The van der Waals surface area contributed by atoms with Gasteiger partial charge in [-0.25, -0.2) is 4.79 Å². The molecule has 0 aliphatic carbocycles. The van der Waals surface area contributed by atoms with E-state index in [9.17, 15) is 9.59 Å². The molecule has 0 unspecified atom stereocenters. The van der Waals surface area contributed by atoms with Crippen molar-refractivity contribution in [3.63, 3.8) is 0 Å². The largest absolute Gasteiger partial charge is 0.465 e. The maximum absolute atomic E-state index is 12.2. The third kappa shape index (κ3) is 3.25. The van der Waals surface area contributed by atoms with Gasteiger partial charge in [-0.2, -0.15) is 0 Å². The Balaban J connectivity index is 2.16. The molecule has 21 heavy (non-hydrogen) atoms. The minimum absolute atomic E-state index is 0.205. The van der Waals surface area contributed by atoms with Crippen LogP contribution < -0.4 is 5.32 Å². The van der Waals surface area contributed by atoms with Crippen LogP contribution in [0.25, 0.3) is 0 Å². The minimum atomic E-state index is -0.409. The van der Waals surface area contributed by atoms with Crippen molar-refractivity contribution in [2.75, 3.05) is 12.4 Å². The summed E-state index contributed by atoms with van der Waals surface area (Å²) < 4.78 is 4.62. The van der Waals surface area contributed by atoms with Crippen LogP contribution in [-0.4, -0.2) is 24.0 Å². The summed E-state index contributed by atoms with van der Waals surface area (Å²) in [5.74, 6) is -0.614. The van der Waals surface area contributed by atoms with E-state index in [1.165, 1.54) is 7.11 Å². The third-order valence-electron chi connectivity index (χ3n) is 3.26. The molecule has 0 saturated heterocycles. The monoisotopic (exact) mass is 284 g/mol. The summed E-state index contributed by atoms with van der Waals surface area (Å²) in [5, 5.41) is 2.79. The third-order valence-corrected chi connectivity index (χ3v) is 3.26. The van der Waals surface area contributed by atoms with Gasteiger partial charge >= 0.3 is 5.97 Å². The molecular formula is C16H16N2O3. The van der Waals surface area contributed by atoms with Crippen molar-refractivity contribution in [1.29, 1.82) is 0 Å². The number of ether oxygens (including phenoxy) is 1. The van der Waals surface area contributed by atoms with Gasteiger partial charge < -0.3 is 10.1 Å². The number of amides is 1. The highest BCUT2D eigenvalue weighted by Crippen LogP contribution is 2.15. The van der Waals surface area contributed by atoms with E-state index in [0.717, 1.165) is 11.3 Å². The zero-order chi connectivity index (χ0) is 15.4. The predicted molar refractivity (Wildman–Crippen MR) is 79.4 cm³/mol. The number of rotatable bonds is 3. The Morgan fingerprint density at radius 2 is 1.76 bits per heavy atom. The Hall–Kier alpha value is -2.69. The number of methoxy groups -OCH3 is 1. The lowest BCUT2D eigenvalue weighted by atomic mass is 10.1. The normalized spacial score (nSPS) is 10.0. The molecule has 2 rings (SSSR count). The molecule has 0 aliphatic heterocycles. The number of hydrogen-bond donors (Lipinski definition) is 1. The van der Waals surface area contributed by atoms with Gasteiger partial charge in [0.05, 0.1) is 12.7 Å². The topological polar surface area (TPSA) is 68.3 Å². The summed E-state index contributed by atoms with van der Waals surface area (Å²) in [4.78, 5) is 27.7. The second-order valence-electron chi connectivity index (χ2n) is 4.59. The van der Waals surface area contributed by atoms with Crippen molar-refractivity contribution >= 4 is 17.6 Å². The number of hydrogen-bond acceptors (Lipinski definition) is 4. The first-order chi connectivity index (χ1) is 10.0. The highest BCUT2D eigenvalue weighted by molar-refractivity contribution is 6.05. The Bertz CT molecular complexity index is 678. The van der Waals surface area contributed by atoms with Gasteiger partial charge in [0.15, 0.2) is 0 Å². The number of aryl methyl sites for hydroxylation is 1. The van der Waals surface area contributed by atoms with E-state index >= 15 is 0 Å². The molecule has 0 radical (unpaired) electrons. The van der Waals surface area contributed by atoms with Gasteiger partial charge in [0.1, 0.15) is 0 Å². The van der Waals surface area contributed by atoms with Crippen LogP contribution in [0.4, 0.5) is 5.69 Å². The fourth-order valence-corrected chi connectivity index (χ4v) is 1.89. The lowest BCUT2D eigenvalue weighted by molar-refractivity contribution is 0.0600. The summed E-state index contributed by atoms with van der Waals surface area (Å²) in [6.07, 6.45) is 1.61. The molecule has 0 saturated carbocycles. The van der Waals surface area contributed by atoms with Gasteiger partial charge in [-0.15, -0.1) is 0 Å². The van der Waals surface area contributed by atoms with Crippen molar-refractivity contribution < 1.29 is 14.3 Å². The van der Waals surface area contributed by atoms with Crippen LogP contribution in [0.2, 0.25) is 0 Å². The van der Waals surface area contributed by atoms with Crippen LogP contribution in [0.1, 0.15) is 32.0 Å². The molecule has 5 nitrogen and oxygen atoms in total. The number of benzene rings is 1. The number of pyridine rings is 1. The summed E-state index contributed by atoms with van der Waals surface area (Å²) in [5.41, 5.74) is 3.30. The smallest absolute Gasteiger partial charge is 0.337 e. The SMILES string of the molecule is COC(=O)c1ccc(NC(=O)c2ccnc(C)c2C)cc1. The van der Waals surface area contributed by atoms with Crippen molar-refractivity contribution in [3.05, 3.63) is 58.9 Å². The lowest BCUT2D eigenvalue weighted by Crippen LogP contribution is -2.14. The minimum Gasteiger partial charge on any atom is -0.465 e. The summed E-state index contributed by atoms with van der Waals surface area (Å²) in [6, 6.07) is 8.21. The summed E-state index contributed by atoms with van der Waals surface area (Å²) in [6.45, 7) is 3.72. The molecule has 1 amide bonds. The number of aromatic nitrogens is 1. The molecule has 0 aliphatic rings. The molecule has 5 heteroatoms. The average molecular weight is 284 g/mol. The summed E-state index contributed by atoms with van der Waals surface area (Å²) in [7, 11) is 1.33.